The fourth-order valence-electron chi connectivity index (χ4n) is 2.73. The Bertz CT molecular complexity index is 817. The zero-order chi connectivity index (χ0) is 17.2. The molecule has 1 unspecified atom stereocenters. The van der Waals surface area contributed by atoms with Crippen LogP contribution >= 0.6 is 0 Å². The molecule has 1 fully saturated rings. The Morgan fingerprint density at radius 1 is 1.29 bits per heavy atom. The van der Waals surface area contributed by atoms with Crippen molar-refractivity contribution in [3.63, 3.8) is 0 Å². The fourth-order valence-corrected chi connectivity index (χ4v) is 4.50. The molecule has 1 atom stereocenters. The highest BCUT2D eigenvalue weighted by Gasteiger charge is 2.32. The summed E-state index contributed by atoms with van der Waals surface area (Å²) in [6.07, 6.45) is 1.05. The number of aromatic nitrogens is 2. The Morgan fingerprint density at radius 3 is 2.71 bits per heavy atom. The van der Waals surface area contributed by atoms with Crippen molar-refractivity contribution >= 4 is 15.7 Å². The molecule has 1 amide bonds. The summed E-state index contributed by atoms with van der Waals surface area (Å²) in [4.78, 5) is 13.8. The van der Waals surface area contributed by atoms with Crippen molar-refractivity contribution < 1.29 is 17.6 Å². The third-order valence-electron chi connectivity index (χ3n) is 4.19. The topological polar surface area (TPSA) is 93.4 Å². The number of hydrogen-bond donors (Lipinski definition) is 0. The number of amides is 1. The summed E-state index contributed by atoms with van der Waals surface area (Å²) in [5.41, 5.74) is 0.829. The molecule has 1 aliphatic rings. The van der Waals surface area contributed by atoms with Gasteiger partial charge in [0.25, 0.3) is 0 Å². The molecule has 0 bridgehead atoms. The SMILES string of the molecule is CN(C(=O)CCc1nnc(-c2ccccc2)o1)C1CCS(=O)(=O)C1. The van der Waals surface area contributed by atoms with Crippen LogP contribution < -0.4 is 0 Å². The third-order valence-corrected chi connectivity index (χ3v) is 5.94. The Balaban J connectivity index is 1.56. The van der Waals surface area contributed by atoms with Gasteiger partial charge in [-0.25, -0.2) is 8.42 Å². The highest BCUT2D eigenvalue weighted by Crippen LogP contribution is 2.19. The van der Waals surface area contributed by atoms with Crippen LogP contribution in [0.3, 0.4) is 0 Å². The maximum absolute atomic E-state index is 12.2. The number of aryl methyl sites for hydroxylation is 1. The van der Waals surface area contributed by atoms with E-state index in [-0.39, 0.29) is 29.9 Å². The lowest BCUT2D eigenvalue weighted by atomic mass is 10.2. The van der Waals surface area contributed by atoms with Gasteiger partial charge in [-0.15, -0.1) is 10.2 Å². The zero-order valence-electron chi connectivity index (χ0n) is 13.4. The molecule has 128 valence electrons. The number of carbonyl (C=O) groups is 1. The van der Waals surface area contributed by atoms with E-state index in [9.17, 15) is 13.2 Å². The molecule has 1 aromatic heterocycles. The van der Waals surface area contributed by atoms with Gasteiger partial charge in [-0.1, -0.05) is 18.2 Å². The molecule has 8 heteroatoms. The summed E-state index contributed by atoms with van der Waals surface area (Å²) in [5.74, 6) is 0.910. The first-order chi connectivity index (χ1) is 11.4. The van der Waals surface area contributed by atoms with Gasteiger partial charge < -0.3 is 9.32 Å². The van der Waals surface area contributed by atoms with Crippen molar-refractivity contribution in [3.8, 4) is 11.5 Å². The predicted molar refractivity (Wildman–Crippen MR) is 87.9 cm³/mol. The zero-order valence-corrected chi connectivity index (χ0v) is 14.2. The predicted octanol–water partition coefficient (Wildman–Crippen LogP) is 1.31. The molecule has 0 aliphatic carbocycles. The highest BCUT2D eigenvalue weighted by molar-refractivity contribution is 7.91. The standard InChI is InChI=1S/C16H19N3O4S/c1-19(13-9-10-24(21,22)11-13)15(20)8-7-14-17-18-16(23-14)12-5-3-2-4-6-12/h2-6,13H,7-11H2,1H3. The average Bonchev–Trinajstić information content (AvgIpc) is 3.19. The van der Waals surface area contributed by atoms with E-state index in [0.717, 1.165) is 5.56 Å². The number of nitrogens with zero attached hydrogens (tertiary/aromatic N) is 3. The maximum Gasteiger partial charge on any atom is 0.247 e. The van der Waals surface area contributed by atoms with Crippen molar-refractivity contribution in [2.75, 3.05) is 18.6 Å². The number of benzene rings is 1. The lowest BCUT2D eigenvalue weighted by molar-refractivity contribution is -0.131. The van der Waals surface area contributed by atoms with E-state index in [1.54, 1.807) is 7.05 Å². The molecule has 3 rings (SSSR count). The summed E-state index contributed by atoms with van der Waals surface area (Å²) in [5, 5.41) is 7.95. The fraction of sp³-hybridized carbons (Fsp3) is 0.438. The van der Waals surface area contributed by atoms with E-state index in [1.165, 1.54) is 4.90 Å². The van der Waals surface area contributed by atoms with Gasteiger partial charge in [-0.2, -0.15) is 0 Å². The maximum atomic E-state index is 12.2. The first-order valence-corrected chi connectivity index (χ1v) is 9.60. The number of sulfone groups is 1. The average molecular weight is 349 g/mol. The van der Waals surface area contributed by atoms with Gasteiger partial charge in [0.1, 0.15) is 0 Å². The van der Waals surface area contributed by atoms with Crippen molar-refractivity contribution in [3.05, 3.63) is 36.2 Å². The van der Waals surface area contributed by atoms with E-state index >= 15 is 0 Å². The number of hydrogen-bond acceptors (Lipinski definition) is 6. The Kier molecular flexibility index (Phi) is 4.66. The van der Waals surface area contributed by atoms with Gasteiger partial charge in [-0.3, -0.25) is 4.79 Å². The van der Waals surface area contributed by atoms with Gasteiger partial charge >= 0.3 is 0 Å². The summed E-state index contributed by atoms with van der Waals surface area (Å²) in [6, 6.07) is 9.18. The molecule has 0 saturated carbocycles. The van der Waals surface area contributed by atoms with Crippen LogP contribution in [0.5, 0.6) is 0 Å². The monoisotopic (exact) mass is 349 g/mol. The number of rotatable bonds is 5. The molecule has 24 heavy (non-hydrogen) atoms. The normalized spacial score (nSPS) is 19.3. The van der Waals surface area contributed by atoms with Crippen molar-refractivity contribution in [1.29, 1.82) is 0 Å². The Labute approximate surface area is 140 Å². The third kappa shape index (κ3) is 3.81. The van der Waals surface area contributed by atoms with E-state index < -0.39 is 9.84 Å². The second-order valence-corrected chi connectivity index (χ2v) is 8.16. The van der Waals surface area contributed by atoms with Crippen molar-refractivity contribution in [2.45, 2.75) is 25.3 Å². The Hall–Kier alpha value is -2.22. The summed E-state index contributed by atoms with van der Waals surface area (Å²) < 4.78 is 28.6. The molecule has 1 aliphatic heterocycles. The summed E-state index contributed by atoms with van der Waals surface area (Å²) in [6.45, 7) is 0. The van der Waals surface area contributed by atoms with Crippen molar-refractivity contribution in [2.24, 2.45) is 0 Å². The van der Waals surface area contributed by atoms with Crippen LogP contribution in [-0.4, -0.2) is 54.0 Å². The number of carbonyl (C=O) groups excluding carboxylic acids is 1. The van der Waals surface area contributed by atoms with Crippen LogP contribution in [-0.2, 0) is 21.1 Å². The van der Waals surface area contributed by atoms with Gasteiger partial charge in [-0.05, 0) is 18.6 Å². The molecule has 0 radical (unpaired) electrons. The summed E-state index contributed by atoms with van der Waals surface area (Å²) in [7, 11) is -1.35. The smallest absolute Gasteiger partial charge is 0.247 e. The Morgan fingerprint density at radius 2 is 2.04 bits per heavy atom. The van der Waals surface area contributed by atoms with E-state index in [4.69, 9.17) is 4.42 Å². The van der Waals surface area contributed by atoms with Crippen LogP contribution in [0.2, 0.25) is 0 Å². The second-order valence-electron chi connectivity index (χ2n) is 5.93. The molecule has 0 N–H and O–H groups in total. The molecular weight excluding hydrogens is 330 g/mol. The largest absolute Gasteiger partial charge is 0.421 e. The first-order valence-electron chi connectivity index (χ1n) is 7.78. The van der Waals surface area contributed by atoms with E-state index in [1.807, 2.05) is 30.3 Å². The lowest BCUT2D eigenvalue weighted by Crippen LogP contribution is -2.37. The van der Waals surface area contributed by atoms with Gasteiger partial charge in [0, 0.05) is 31.5 Å². The first kappa shape index (κ1) is 16.6. The molecule has 2 aromatic rings. The van der Waals surface area contributed by atoms with Gasteiger partial charge in [0.15, 0.2) is 9.84 Å². The van der Waals surface area contributed by atoms with Crippen LogP contribution in [0.4, 0.5) is 0 Å². The van der Waals surface area contributed by atoms with Crippen molar-refractivity contribution in [1.82, 2.24) is 15.1 Å². The van der Waals surface area contributed by atoms with Crippen LogP contribution in [0.1, 0.15) is 18.7 Å². The van der Waals surface area contributed by atoms with Crippen LogP contribution in [0, 0.1) is 0 Å². The quantitative estimate of drug-likeness (QED) is 0.808. The minimum Gasteiger partial charge on any atom is -0.421 e. The molecule has 0 spiro atoms. The van der Waals surface area contributed by atoms with Crippen LogP contribution in [0.15, 0.2) is 34.7 Å². The molecule has 1 aromatic carbocycles. The van der Waals surface area contributed by atoms with E-state index in [2.05, 4.69) is 10.2 Å². The second kappa shape index (κ2) is 6.72. The minimum absolute atomic E-state index is 0.0496. The van der Waals surface area contributed by atoms with Gasteiger partial charge in [0.2, 0.25) is 17.7 Å². The van der Waals surface area contributed by atoms with Gasteiger partial charge in [0.05, 0.1) is 11.5 Å². The molecule has 2 heterocycles. The van der Waals surface area contributed by atoms with E-state index in [0.29, 0.717) is 24.6 Å². The molecule has 1 saturated heterocycles. The summed E-state index contributed by atoms with van der Waals surface area (Å²) >= 11 is 0. The minimum atomic E-state index is -3.00. The molecular formula is C16H19N3O4S. The van der Waals surface area contributed by atoms with Crippen LogP contribution in [0.25, 0.3) is 11.5 Å². The highest BCUT2D eigenvalue weighted by atomic mass is 32.2. The molecule has 7 nitrogen and oxygen atoms in total. The lowest BCUT2D eigenvalue weighted by Gasteiger charge is -2.23.